The maximum absolute atomic E-state index is 4.79. The second kappa shape index (κ2) is 3.43. The molecular formula is C13H15N3S. The van der Waals surface area contributed by atoms with E-state index in [9.17, 15) is 0 Å². The SMILES string of the molecule is Cc1nc2sc3c(c2c2c1CNN2)CCCC3. The highest BCUT2D eigenvalue weighted by Gasteiger charge is 2.24. The number of aryl methyl sites for hydroxylation is 3. The Bertz CT molecular complexity index is 615. The third-order valence-corrected chi connectivity index (χ3v) is 5.07. The van der Waals surface area contributed by atoms with E-state index in [4.69, 9.17) is 4.98 Å². The van der Waals surface area contributed by atoms with Crippen LogP contribution in [-0.4, -0.2) is 4.98 Å². The van der Waals surface area contributed by atoms with Crippen LogP contribution in [-0.2, 0) is 19.4 Å². The number of rotatable bonds is 0. The molecule has 0 saturated heterocycles. The molecule has 3 heterocycles. The summed E-state index contributed by atoms with van der Waals surface area (Å²) in [6.07, 6.45) is 5.15. The first-order valence-corrected chi connectivity index (χ1v) is 7.09. The lowest BCUT2D eigenvalue weighted by Gasteiger charge is -2.12. The Balaban J connectivity index is 2.11. The van der Waals surface area contributed by atoms with Crippen LogP contribution in [0.5, 0.6) is 0 Å². The van der Waals surface area contributed by atoms with Gasteiger partial charge in [0.15, 0.2) is 0 Å². The Labute approximate surface area is 104 Å². The minimum absolute atomic E-state index is 0.898. The number of fused-ring (bicyclic) bond motifs is 5. The molecule has 4 rings (SSSR count). The number of nitrogens with one attached hydrogen (secondary N) is 2. The Morgan fingerprint density at radius 1 is 1.18 bits per heavy atom. The molecule has 0 atom stereocenters. The number of pyridine rings is 1. The van der Waals surface area contributed by atoms with Crippen molar-refractivity contribution in [1.29, 1.82) is 0 Å². The summed E-state index contributed by atoms with van der Waals surface area (Å²) in [6.45, 7) is 3.01. The minimum Gasteiger partial charge on any atom is -0.320 e. The number of hydrogen-bond acceptors (Lipinski definition) is 4. The molecule has 3 nitrogen and oxygen atoms in total. The Hall–Kier alpha value is -1.13. The molecule has 0 unspecified atom stereocenters. The van der Waals surface area contributed by atoms with Gasteiger partial charge in [-0.05, 0) is 38.2 Å². The molecule has 0 radical (unpaired) electrons. The monoisotopic (exact) mass is 245 g/mol. The molecule has 0 bridgehead atoms. The number of anilines is 1. The van der Waals surface area contributed by atoms with Crippen molar-refractivity contribution in [2.45, 2.75) is 39.2 Å². The zero-order chi connectivity index (χ0) is 11.4. The molecule has 0 amide bonds. The highest BCUT2D eigenvalue weighted by atomic mass is 32.1. The van der Waals surface area contributed by atoms with E-state index in [1.54, 1.807) is 10.4 Å². The van der Waals surface area contributed by atoms with Crippen LogP contribution in [0.2, 0.25) is 0 Å². The molecule has 4 heteroatoms. The molecule has 17 heavy (non-hydrogen) atoms. The maximum Gasteiger partial charge on any atom is 0.126 e. The van der Waals surface area contributed by atoms with Crippen LogP contribution in [0, 0.1) is 6.92 Å². The predicted octanol–water partition coefficient (Wildman–Crippen LogP) is 2.91. The van der Waals surface area contributed by atoms with Crippen molar-refractivity contribution in [1.82, 2.24) is 10.4 Å². The van der Waals surface area contributed by atoms with Gasteiger partial charge in [0, 0.05) is 28.1 Å². The molecule has 2 N–H and O–H groups in total. The van der Waals surface area contributed by atoms with E-state index < -0.39 is 0 Å². The van der Waals surface area contributed by atoms with Gasteiger partial charge in [0.05, 0.1) is 5.69 Å². The molecule has 2 aromatic rings. The summed E-state index contributed by atoms with van der Waals surface area (Å²) >= 11 is 1.90. The molecule has 0 fully saturated rings. The summed E-state index contributed by atoms with van der Waals surface area (Å²) in [7, 11) is 0. The van der Waals surface area contributed by atoms with E-state index >= 15 is 0 Å². The van der Waals surface area contributed by atoms with Gasteiger partial charge in [0.25, 0.3) is 0 Å². The molecule has 88 valence electrons. The van der Waals surface area contributed by atoms with Crippen LogP contribution in [0.25, 0.3) is 10.2 Å². The first-order valence-electron chi connectivity index (χ1n) is 6.27. The number of hydrazine groups is 1. The number of aromatic nitrogens is 1. The second-order valence-electron chi connectivity index (χ2n) is 4.92. The second-order valence-corrected chi connectivity index (χ2v) is 6.00. The minimum atomic E-state index is 0.898. The van der Waals surface area contributed by atoms with Gasteiger partial charge in [0.2, 0.25) is 0 Å². The summed E-state index contributed by atoms with van der Waals surface area (Å²) in [4.78, 5) is 7.59. The fourth-order valence-electron chi connectivity index (χ4n) is 3.01. The van der Waals surface area contributed by atoms with Gasteiger partial charge >= 0.3 is 0 Å². The average Bonchev–Trinajstić information content (AvgIpc) is 2.90. The van der Waals surface area contributed by atoms with E-state index in [0.717, 1.165) is 6.54 Å². The Morgan fingerprint density at radius 3 is 3.00 bits per heavy atom. The summed E-state index contributed by atoms with van der Waals surface area (Å²) in [5.74, 6) is 0. The van der Waals surface area contributed by atoms with Gasteiger partial charge in [-0.15, -0.1) is 11.3 Å². The lowest BCUT2D eigenvalue weighted by Crippen LogP contribution is -2.11. The van der Waals surface area contributed by atoms with Gasteiger partial charge in [0.1, 0.15) is 4.83 Å². The maximum atomic E-state index is 4.79. The summed E-state index contributed by atoms with van der Waals surface area (Å²) in [5, 5.41) is 1.40. The van der Waals surface area contributed by atoms with Crippen molar-refractivity contribution in [3.8, 4) is 0 Å². The quantitative estimate of drug-likeness (QED) is 0.749. The van der Waals surface area contributed by atoms with E-state index in [1.807, 2.05) is 11.3 Å². The van der Waals surface area contributed by atoms with Crippen molar-refractivity contribution in [2.75, 3.05) is 5.43 Å². The zero-order valence-corrected chi connectivity index (χ0v) is 10.7. The predicted molar refractivity (Wildman–Crippen MR) is 71.5 cm³/mol. The summed E-state index contributed by atoms with van der Waals surface area (Å²) in [5.41, 5.74) is 12.0. The first-order chi connectivity index (χ1) is 8.34. The molecular weight excluding hydrogens is 230 g/mol. The van der Waals surface area contributed by atoms with Crippen LogP contribution in [0.15, 0.2) is 0 Å². The highest BCUT2D eigenvalue weighted by Crippen LogP contribution is 2.42. The fraction of sp³-hybridized carbons (Fsp3) is 0.462. The first kappa shape index (κ1) is 9.85. The van der Waals surface area contributed by atoms with Crippen LogP contribution < -0.4 is 10.9 Å². The number of nitrogens with zero attached hydrogens (tertiary/aromatic N) is 1. The number of thiophene rings is 1. The molecule has 0 spiro atoms. The average molecular weight is 245 g/mol. The molecule has 1 aliphatic carbocycles. The topological polar surface area (TPSA) is 37.0 Å². The van der Waals surface area contributed by atoms with E-state index in [0.29, 0.717) is 0 Å². The van der Waals surface area contributed by atoms with Gasteiger partial charge in [-0.2, -0.15) is 0 Å². The van der Waals surface area contributed by atoms with Gasteiger partial charge in [-0.1, -0.05) is 0 Å². The molecule has 1 aliphatic heterocycles. The molecule has 2 aromatic heterocycles. The van der Waals surface area contributed by atoms with Crippen molar-refractivity contribution in [2.24, 2.45) is 0 Å². The molecule has 0 saturated carbocycles. The summed E-state index contributed by atoms with van der Waals surface area (Å²) in [6, 6.07) is 0. The van der Waals surface area contributed by atoms with Crippen molar-refractivity contribution >= 4 is 27.2 Å². The highest BCUT2D eigenvalue weighted by molar-refractivity contribution is 7.19. The van der Waals surface area contributed by atoms with Crippen LogP contribution in [0.1, 0.15) is 34.5 Å². The van der Waals surface area contributed by atoms with E-state index in [-0.39, 0.29) is 0 Å². The molecule has 0 aromatic carbocycles. The van der Waals surface area contributed by atoms with Crippen molar-refractivity contribution in [3.05, 3.63) is 21.7 Å². The molecule has 2 aliphatic rings. The summed E-state index contributed by atoms with van der Waals surface area (Å²) < 4.78 is 0. The third-order valence-electron chi connectivity index (χ3n) is 3.89. The van der Waals surface area contributed by atoms with E-state index in [1.165, 1.54) is 52.8 Å². The van der Waals surface area contributed by atoms with Gasteiger partial charge in [-0.3, -0.25) is 0 Å². The lowest BCUT2D eigenvalue weighted by molar-refractivity contribution is 0.700. The fourth-order valence-corrected chi connectivity index (χ4v) is 4.33. The van der Waals surface area contributed by atoms with Crippen molar-refractivity contribution in [3.63, 3.8) is 0 Å². The zero-order valence-electron chi connectivity index (χ0n) is 9.89. The standard InChI is InChI=1S/C13H15N3S/c1-7-9-6-14-16-12(9)11-8-4-2-3-5-10(8)17-13(11)15-7/h14,16H,2-6H2,1H3. The van der Waals surface area contributed by atoms with Crippen molar-refractivity contribution < 1.29 is 0 Å². The third kappa shape index (κ3) is 1.28. The Morgan fingerprint density at radius 2 is 2.06 bits per heavy atom. The normalized spacial score (nSPS) is 17.9. The smallest absolute Gasteiger partial charge is 0.126 e. The van der Waals surface area contributed by atoms with Crippen LogP contribution in [0.4, 0.5) is 5.69 Å². The largest absolute Gasteiger partial charge is 0.320 e. The van der Waals surface area contributed by atoms with Gasteiger partial charge < -0.3 is 5.43 Å². The van der Waals surface area contributed by atoms with Crippen LogP contribution >= 0.6 is 11.3 Å². The lowest BCUT2D eigenvalue weighted by atomic mass is 9.95. The Kier molecular flexibility index (Phi) is 1.99. The van der Waals surface area contributed by atoms with E-state index in [2.05, 4.69) is 17.8 Å². The number of hydrogen-bond donors (Lipinski definition) is 2. The van der Waals surface area contributed by atoms with Crippen LogP contribution in [0.3, 0.4) is 0 Å². The van der Waals surface area contributed by atoms with Gasteiger partial charge in [-0.25, -0.2) is 10.4 Å².